The van der Waals surface area contributed by atoms with Crippen LogP contribution in [0.1, 0.15) is 5.56 Å². The van der Waals surface area contributed by atoms with E-state index in [1.54, 1.807) is 4.90 Å². The molecule has 0 aromatic heterocycles. The number of anilines is 1. The Kier molecular flexibility index (Phi) is 3.26. The smallest absolute Gasteiger partial charge is 0.410 e. The fourth-order valence-electron chi connectivity index (χ4n) is 3.57. The summed E-state index contributed by atoms with van der Waals surface area (Å²) in [6.45, 7) is 3.71. The average Bonchev–Trinajstić information content (AvgIpc) is 3.11. The third-order valence-corrected chi connectivity index (χ3v) is 4.75. The lowest BCUT2D eigenvalue weighted by Gasteiger charge is -2.35. The molecule has 3 aliphatic rings. The molecule has 0 spiro atoms. The highest BCUT2D eigenvalue weighted by Gasteiger charge is 2.38. The number of hydrogen-bond donors (Lipinski definition) is 0. The maximum Gasteiger partial charge on any atom is 0.410 e. The number of carbonyl (C=O) groups excluding carboxylic acids is 2. The second-order valence-corrected chi connectivity index (χ2v) is 6.08. The number of hydrogen-bond acceptors (Lipinski definition) is 4. The number of para-hydroxylation sites is 1. The third-order valence-electron chi connectivity index (χ3n) is 4.75. The van der Waals surface area contributed by atoms with Crippen molar-refractivity contribution in [3.8, 4) is 0 Å². The molecule has 0 aliphatic carbocycles. The van der Waals surface area contributed by atoms with Gasteiger partial charge in [0, 0.05) is 31.9 Å². The maximum atomic E-state index is 12.6. The number of ether oxygens (including phenoxy) is 1. The van der Waals surface area contributed by atoms with E-state index >= 15 is 0 Å². The molecule has 6 nitrogen and oxygen atoms in total. The highest BCUT2D eigenvalue weighted by atomic mass is 16.6. The second-order valence-electron chi connectivity index (χ2n) is 6.08. The fourth-order valence-corrected chi connectivity index (χ4v) is 3.57. The Morgan fingerprint density at radius 1 is 1.23 bits per heavy atom. The van der Waals surface area contributed by atoms with E-state index in [-0.39, 0.29) is 18.0 Å². The van der Waals surface area contributed by atoms with E-state index in [9.17, 15) is 9.59 Å². The molecule has 2 amide bonds. The molecule has 4 rings (SSSR count). The zero-order valence-corrected chi connectivity index (χ0v) is 12.4. The Balaban J connectivity index is 1.40. The molecule has 22 heavy (non-hydrogen) atoms. The van der Waals surface area contributed by atoms with E-state index in [4.69, 9.17) is 4.74 Å². The van der Waals surface area contributed by atoms with Crippen molar-refractivity contribution < 1.29 is 14.3 Å². The lowest BCUT2D eigenvalue weighted by Crippen LogP contribution is -2.54. The van der Waals surface area contributed by atoms with E-state index < -0.39 is 0 Å². The number of benzene rings is 1. The molecule has 1 aromatic rings. The molecule has 2 saturated heterocycles. The quantitative estimate of drug-likeness (QED) is 0.807. The van der Waals surface area contributed by atoms with Crippen molar-refractivity contribution in [2.45, 2.75) is 12.5 Å². The molecule has 116 valence electrons. The van der Waals surface area contributed by atoms with Crippen LogP contribution in [0.2, 0.25) is 0 Å². The van der Waals surface area contributed by atoms with Gasteiger partial charge in [-0.15, -0.1) is 0 Å². The molecular weight excluding hydrogens is 282 g/mol. The second kappa shape index (κ2) is 5.28. The van der Waals surface area contributed by atoms with E-state index in [0.717, 1.165) is 25.2 Å². The van der Waals surface area contributed by atoms with Gasteiger partial charge in [0.05, 0.1) is 12.6 Å². The first-order chi connectivity index (χ1) is 10.7. The summed E-state index contributed by atoms with van der Waals surface area (Å²) in [5.74, 6) is 0.142. The van der Waals surface area contributed by atoms with Crippen LogP contribution in [0.4, 0.5) is 10.5 Å². The largest absolute Gasteiger partial charge is 0.447 e. The van der Waals surface area contributed by atoms with Crippen LogP contribution in [0.15, 0.2) is 24.3 Å². The van der Waals surface area contributed by atoms with Gasteiger partial charge in [-0.1, -0.05) is 18.2 Å². The van der Waals surface area contributed by atoms with Gasteiger partial charge >= 0.3 is 6.09 Å². The molecular formula is C16H19N3O3. The van der Waals surface area contributed by atoms with E-state index in [1.165, 1.54) is 5.56 Å². The van der Waals surface area contributed by atoms with Gasteiger partial charge in [0.1, 0.15) is 6.61 Å². The zero-order valence-electron chi connectivity index (χ0n) is 12.4. The highest BCUT2D eigenvalue weighted by Crippen LogP contribution is 2.27. The van der Waals surface area contributed by atoms with Crippen molar-refractivity contribution in [1.29, 1.82) is 0 Å². The van der Waals surface area contributed by atoms with Gasteiger partial charge < -0.3 is 9.64 Å². The molecule has 6 heteroatoms. The summed E-state index contributed by atoms with van der Waals surface area (Å²) in [7, 11) is 0. The molecule has 3 heterocycles. The molecule has 1 unspecified atom stereocenters. The zero-order chi connectivity index (χ0) is 15.1. The monoisotopic (exact) mass is 301 g/mol. The van der Waals surface area contributed by atoms with Gasteiger partial charge in [-0.05, 0) is 18.1 Å². The van der Waals surface area contributed by atoms with Crippen LogP contribution in [0.5, 0.6) is 0 Å². The summed E-state index contributed by atoms with van der Waals surface area (Å²) < 4.78 is 5.06. The molecule has 2 fully saturated rings. The van der Waals surface area contributed by atoms with Crippen molar-refractivity contribution in [2.75, 3.05) is 44.2 Å². The van der Waals surface area contributed by atoms with Gasteiger partial charge in [-0.25, -0.2) is 4.79 Å². The van der Waals surface area contributed by atoms with E-state index in [0.29, 0.717) is 26.2 Å². The van der Waals surface area contributed by atoms with Gasteiger partial charge in [0.15, 0.2) is 0 Å². The minimum Gasteiger partial charge on any atom is -0.447 e. The fraction of sp³-hybridized carbons (Fsp3) is 0.500. The number of piperazine rings is 1. The molecule has 1 atom stereocenters. The lowest BCUT2D eigenvalue weighted by atomic mass is 10.2. The lowest BCUT2D eigenvalue weighted by molar-refractivity contribution is -0.120. The average molecular weight is 301 g/mol. The Labute approximate surface area is 129 Å². The summed E-state index contributed by atoms with van der Waals surface area (Å²) in [4.78, 5) is 29.9. The van der Waals surface area contributed by atoms with Crippen LogP contribution >= 0.6 is 0 Å². The standard InChI is InChI=1S/C16H19N3O3/c20-15(19-6-5-12-3-1-2-4-14(12)19)10-17-7-8-18-13(9-17)11-22-16(18)21/h1-4,13H,5-11H2. The van der Waals surface area contributed by atoms with Crippen molar-refractivity contribution in [1.82, 2.24) is 9.80 Å². The van der Waals surface area contributed by atoms with Crippen LogP contribution in [0.3, 0.4) is 0 Å². The summed E-state index contributed by atoms with van der Waals surface area (Å²) >= 11 is 0. The predicted octanol–water partition coefficient (Wildman–Crippen LogP) is 0.712. The highest BCUT2D eigenvalue weighted by molar-refractivity contribution is 5.96. The van der Waals surface area contributed by atoms with Gasteiger partial charge in [0.2, 0.25) is 5.91 Å². The Bertz CT molecular complexity index is 618. The van der Waals surface area contributed by atoms with Crippen molar-refractivity contribution in [2.24, 2.45) is 0 Å². The number of rotatable bonds is 2. The normalized spacial score (nSPS) is 24.2. The van der Waals surface area contributed by atoms with Crippen LogP contribution < -0.4 is 4.90 Å². The van der Waals surface area contributed by atoms with Gasteiger partial charge in [-0.3, -0.25) is 14.6 Å². The summed E-state index contributed by atoms with van der Waals surface area (Å²) in [5, 5.41) is 0. The Morgan fingerprint density at radius 3 is 3.00 bits per heavy atom. The van der Waals surface area contributed by atoms with Crippen molar-refractivity contribution in [3.63, 3.8) is 0 Å². The summed E-state index contributed by atoms with van der Waals surface area (Å²) in [6.07, 6.45) is 0.713. The first kappa shape index (κ1) is 13.6. The van der Waals surface area contributed by atoms with Crippen LogP contribution in [0.25, 0.3) is 0 Å². The maximum absolute atomic E-state index is 12.6. The van der Waals surface area contributed by atoms with E-state index in [1.807, 2.05) is 23.1 Å². The van der Waals surface area contributed by atoms with Crippen LogP contribution in [-0.4, -0.2) is 67.2 Å². The molecule has 0 saturated carbocycles. The first-order valence-electron chi connectivity index (χ1n) is 7.76. The minimum absolute atomic E-state index is 0.0971. The Morgan fingerprint density at radius 2 is 2.09 bits per heavy atom. The van der Waals surface area contributed by atoms with Crippen LogP contribution in [-0.2, 0) is 16.0 Å². The molecule has 1 aromatic carbocycles. The number of fused-ring (bicyclic) bond motifs is 2. The number of carbonyl (C=O) groups is 2. The molecule has 0 radical (unpaired) electrons. The minimum atomic E-state index is -0.218. The number of cyclic esters (lactones) is 1. The molecule has 0 bridgehead atoms. The van der Waals surface area contributed by atoms with Gasteiger partial charge in [-0.2, -0.15) is 0 Å². The summed E-state index contributed by atoms with van der Waals surface area (Å²) in [6, 6.07) is 8.19. The number of nitrogens with zero attached hydrogens (tertiary/aromatic N) is 3. The van der Waals surface area contributed by atoms with Crippen molar-refractivity contribution >= 4 is 17.7 Å². The van der Waals surface area contributed by atoms with Crippen LogP contribution in [0, 0.1) is 0 Å². The predicted molar refractivity (Wildman–Crippen MR) is 80.8 cm³/mol. The third kappa shape index (κ3) is 2.23. The topological polar surface area (TPSA) is 53.1 Å². The molecule has 0 N–H and O–H groups in total. The Hall–Kier alpha value is -2.08. The molecule has 3 aliphatic heterocycles. The SMILES string of the molecule is O=C(CN1CCN2C(=O)OCC2C1)N1CCc2ccccc21. The van der Waals surface area contributed by atoms with Crippen molar-refractivity contribution in [3.05, 3.63) is 29.8 Å². The van der Waals surface area contributed by atoms with Gasteiger partial charge in [0.25, 0.3) is 0 Å². The first-order valence-corrected chi connectivity index (χ1v) is 7.76. The number of amides is 2. The van der Waals surface area contributed by atoms with E-state index in [2.05, 4.69) is 11.0 Å². The summed E-state index contributed by atoms with van der Waals surface area (Å²) in [5.41, 5.74) is 2.29.